The highest BCUT2D eigenvalue weighted by Crippen LogP contribution is 2.29. The Labute approximate surface area is 194 Å². The molecule has 0 aliphatic heterocycles. The van der Waals surface area contributed by atoms with E-state index in [0.29, 0.717) is 22.3 Å². The fourth-order valence-corrected chi connectivity index (χ4v) is 3.38. The smallest absolute Gasteiger partial charge is 0.311 e. The zero-order valence-electron chi connectivity index (χ0n) is 18.6. The number of halogens is 1. The quantitative estimate of drug-likeness (QED) is 0.255. The molecule has 0 aliphatic rings. The molecule has 2 aromatic carbocycles. The second kappa shape index (κ2) is 9.20. The lowest BCUT2D eigenvalue weighted by atomic mass is 9.95. The number of nitro groups is 1. The lowest BCUT2D eigenvalue weighted by Gasteiger charge is -2.20. The van der Waals surface area contributed by atoms with E-state index in [1.807, 2.05) is 40.7 Å². The van der Waals surface area contributed by atoms with Crippen LogP contribution in [-0.4, -0.2) is 26.9 Å². The molecule has 0 saturated heterocycles. The zero-order valence-corrected chi connectivity index (χ0v) is 20.2. The monoisotopic (exact) mass is 500 g/mol. The third-order valence-electron chi connectivity index (χ3n) is 4.88. The zero-order chi connectivity index (χ0) is 23.6. The Morgan fingerprint density at radius 1 is 1.28 bits per heavy atom. The maximum atomic E-state index is 13.2. The molecular formula is C23H25BrN4O4. The molecule has 168 valence electrons. The Hall–Kier alpha value is -3.07. The summed E-state index contributed by atoms with van der Waals surface area (Å²) in [6.45, 7) is 9.62. The van der Waals surface area contributed by atoms with Crippen LogP contribution in [0, 0.1) is 10.1 Å². The average molecular weight is 501 g/mol. The second-order valence-corrected chi connectivity index (χ2v) is 9.45. The van der Waals surface area contributed by atoms with Crippen molar-refractivity contribution in [3.63, 3.8) is 0 Å². The molecule has 32 heavy (non-hydrogen) atoms. The van der Waals surface area contributed by atoms with Gasteiger partial charge in [0.05, 0.1) is 28.1 Å². The first-order valence-corrected chi connectivity index (χ1v) is 11.0. The minimum Gasteiger partial charge on any atom is -0.484 e. The van der Waals surface area contributed by atoms with Crippen molar-refractivity contribution in [2.45, 2.75) is 52.6 Å². The molecule has 0 spiro atoms. The van der Waals surface area contributed by atoms with Crippen molar-refractivity contribution in [1.29, 1.82) is 0 Å². The highest BCUT2D eigenvalue weighted by atomic mass is 79.9. The SMILES string of the molecule is CC[C@H](C)Oc1ccc(C=Nn2c(C(C)(C)C)nc3ccc(Br)cc3c2=O)cc1[N+](=O)[O-]. The van der Waals surface area contributed by atoms with Crippen molar-refractivity contribution in [1.82, 2.24) is 9.66 Å². The molecule has 1 atom stereocenters. The van der Waals surface area contributed by atoms with E-state index >= 15 is 0 Å². The van der Waals surface area contributed by atoms with E-state index in [9.17, 15) is 14.9 Å². The summed E-state index contributed by atoms with van der Waals surface area (Å²) in [6.07, 6.45) is 2.00. The van der Waals surface area contributed by atoms with Gasteiger partial charge < -0.3 is 4.74 Å². The Bertz CT molecular complexity index is 1260. The molecule has 0 bridgehead atoms. The van der Waals surface area contributed by atoms with E-state index in [-0.39, 0.29) is 23.1 Å². The number of rotatable bonds is 6. The number of hydrogen-bond donors (Lipinski definition) is 0. The third-order valence-corrected chi connectivity index (χ3v) is 5.38. The number of aromatic nitrogens is 2. The van der Waals surface area contributed by atoms with Crippen LogP contribution in [0.3, 0.4) is 0 Å². The first kappa shape index (κ1) is 23.6. The fourth-order valence-electron chi connectivity index (χ4n) is 3.02. The molecule has 0 saturated carbocycles. The summed E-state index contributed by atoms with van der Waals surface area (Å²) in [5.74, 6) is 0.686. The molecule has 0 radical (unpaired) electrons. The molecule has 3 aromatic rings. The van der Waals surface area contributed by atoms with Crippen LogP contribution in [-0.2, 0) is 5.41 Å². The largest absolute Gasteiger partial charge is 0.484 e. The normalized spacial score (nSPS) is 12.9. The van der Waals surface area contributed by atoms with Crippen molar-refractivity contribution in [2.24, 2.45) is 5.10 Å². The molecule has 0 N–H and O–H groups in total. The second-order valence-electron chi connectivity index (χ2n) is 8.53. The average Bonchev–Trinajstić information content (AvgIpc) is 2.73. The molecule has 1 aromatic heterocycles. The predicted molar refractivity (Wildman–Crippen MR) is 129 cm³/mol. The van der Waals surface area contributed by atoms with Crippen molar-refractivity contribution in [3.05, 3.63) is 72.7 Å². The van der Waals surface area contributed by atoms with Gasteiger partial charge >= 0.3 is 5.69 Å². The van der Waals surface area contributed by atoms with Crippen LogP contribution in [0.25, 0.3) is 10.9 Å². The van der Waals surface area contributed by atoms with Crippen LogP contribution in [0.1, 0.15) is 52.4 Å². The van der Waals surface area contributed by atoms with Gasteiger partial charge in [0, 0.05) is 21.5 Å². The van der Waals surface area contributed by atoms with Crippen LogP contribution < -0.4 is 10.3 Å². The predicted octanol–water partition coefficient (Wildman–Crippen LogP) is 5.42. The van der Waals surface area contributed by atoms with Gasteiger partial charge in [-0.3, -0.25) is 14.9 Å². The van der Waals surface area contributed by atoms with Gasteiger partial charge in [0.25, 0.3) is 5.56 Å². The van der Waals surface area contributed by atoms with E-state index in [0.717, 1.165) is 10.9 Å². The number of nitro benzene ring substituents is 1. The Morgan fingerprint density at radius 3 is 2.62 bits per heavy atom. The van der Waals surface area contributed by atoms with Gasteiger partial charge in [0.15, 0.2) is 5.75 Å². The minimum absolute atomic E-state index is 0.149. The van der Waals surface area contributed by atoms with Crippen molar-refractivity contribution in [3.8, 4) is 5.75 Å². The van der Waals surface area contributed by atoms with Gasteiger partial charge in [-0.2, -0.15) is 9.78 Å². The van der Waals surface area contributed by atoms with Gasteiger partial charge in [-0.15, -0.1) is 0 Å². The Kier molecular flexibility index (Phi) is 6.78. The topological polar surface area (TPSA) is 99.6 Å². The van der Waals surface area contributed by atoms with Crippen molar-refractivity contribution < 1.29 is 9.66 Å². The maximum absolute atomic E-state index is 13.2. The van der Waals surface area contributed by atoms with Gasteiger partial charge in [-0.1, -0.05) is 43.6 Å². The van der Waals surface area contributed by atoms with Gasteiger partial charge in [-0.05, 0) is 43.7 Å². The maximum Gasteiger partial charge on any atom is 0.311 e. The van der Waals surface area contributed by atoms with Gasteiger partial charge in [-0.25, -0.2) is 4.98 Å². The molecule has 8 nitrogen and oxygen atoms in total. The Morgan fingerprint density at radius 2 is 2.00 bits per heavy atom. The highest BCUT2D eigenvalue weighted by Gasteiger charge is 2.23. The molecule has 9 heteroatoms. The molecule has 1 heterocycles. The number of ether oxygens (including phenoxy) is 1. The summed E-state index contributed by atoms with van der Waals surface area (Å²) >= 11 is 3.39. The van der Waals surface area contributed by atoms with E-state index in [4.69, 9.17) is 4.74 Å². The third kappa shape index (κ3) is 5.04. The summed E-state index contributed by atoms with van der Waals surface area (Å²) < 4.78 is 7.67. The number of fused-ring (bicyclic) bond motifs is 1. The van der Waals surface area contributed by atoms with Gasteiger partial charge in [0.1, 0.15) is 5.82 Å². The van der Waals surface area contributed by atoms with Crippen molar-refractivity contribution in [2.75, 3.05) is 0 Å². The first-order chi connectivity index (χ1) is 15.0. The molecule has 0 aliphatic carbocycles. The summed E-state index contributed by atoms with van der Waals surface area (Å²) in [7, 11) is 0. The number of nitrogens with zero attached hydrogens (tertiary/aromatic N) is 4. The standard InChI is InChI=1S/C23H25BrN4O4/c1-6-14(2)32-20-10-7-15(11-19(20)28(30)31)13-25-27-21(29)17-12-16(24)8-9-18(17)26-22(27)23(3,4)5/h7-14H,6H2,1-5H3/t14-/m0/s1. The van der Waals surface area contributed by atoms with Crippen LogP contribution in [0.2, 0.25) is 0 Å². The van der Waals surface area contributed by atoms with Crippen LogP contribution in [0.4, 0.5) is 5.69 Å². The molecule has 3 rings (SSSR count). The molecule has 0 fully saturated rings. The van der Waals surface area contributed by atoms with E-state index in [1.54, 1.807) is 24.3 Å². The van der Waals surface area contributed by atoms with E-state index < -0.39 is 10.3 Å². The van der Waals surface area contributed by atoms with Crippen molar-refractivity contribution >= 4 is 38.7 Å². The molecule has 0 amide bonds. The van der Waals surface area contributed by atoms with E-state index in [2.05, 4.69) is 26.0 Å². The summed E-state index contributed by atoms with van der Waals surface area (Å²) in [5, 5.41) is 16.3. The number of hydrogen-bond acceptors (Lipinski definition) is 6. The van der Waals surface area contributed by atoms with Crippen LogP contribution >= 0.6 is 15.9 Å². The number of benzene rings is 2. The first-order valence-electron chi connectivity index (χ1n) is 10.2. The lowest BCUT2D eigenvalue weighted by Crippen LogP contribution is -2.29. The molecular weight excluding hydrogens is 476 g/mol. The van der Waals surface area contributed by atoms with Crippen LogP contribution in [0.5, 0.6) is 5.75 Å². The van der Waals surface area contributed by atoms with Gasteiger partial charge in [0.2, 0.25) is 0 Å². The van der Waals surface area contributed by atoms with Crippen LogP contribution in [0.15, 0.2) is 50.8 Å². The highest BCUT2D eigenvalue weighted by molar-refractivity contribution is 9.10. The lowest BCUT2D eigenvalue weighted by molar-refractivity contribution is -0.386. The molecule has 0 unspecified atom stereocenters. The summed E-state index contributed by atoms with van der Waals surface area (Å²) in [4.78, 5) is 28.9. The Balaban J connectivity index is 2.12. The summed E-state index contributed by atoms with van der Waals surface area (Å²) in [6, 6.07) is 9.92. The summed E-state index contributed by atoms with van der Waals surface area (Å²) in [5.41, 5.74) is 0.116. The van der Waals surface area contributed by atoms with E-state index in [1.165, 1.54) is 17.0 Å². The fraction of sp³-hybridized carbons (Fsp3) is 0.348. The minimum atomic E-state index is -0.489.